The van der Waals surface area contributed by atoms with Crippen molar-refractivity contribution in [3.8, 4) is 11.1 Å². The average molecular weight is 462 g/mol. The van der Waals surface area contributed by atoms with Crippen LogP contribution >= 0.6 is 0 Å². The first kappa shape index (κ1) is 22.3. The van der Waals surface area contributed by atoms with Crippen LogP contribution in [0.2, 0.25) is 0 Å². The number of nitrogens with one attached hydrogen (secondary N) is 3. The van der Waals surface area contributed by atoms with Gasteiger partial charge in [-0.3, -0.25) is 14.7 Å². The van der Waals surface area contributed by atoms with Gasteiger partial charge in [0.1, 0.15) is 11.7 Å². The fourth-order valence-electron chi connectivity index (χ4n) is 5.03. The number of H-pyrrole nitrogens is 1. The van der Waals surface area contributed by atoms with E-state index < -0.39 is 6.04 Å². The molecule has 0 radical (unpaired) electrons. The summed E-state index contributed by atoms with van der Waals surface area (Å²) in [7, 11) is 0. The SMILES string of the molecule is CCn1nncc1C(=O)N[C@H](C(=O)Nc1ccc(-c2c(C)n[nH]c2C)cc1)C(C1CC1)C1CC1. The van der Waals surface area contributed by atoms with Gasteiger partial charge in [0, 0.05) is 23.5 Å². The highest BCUT2D eigenvalue weighted by Gasteiger charge is 2.48. The molecule has 2 fully saturated rings. The van der Waals surface area contributed by atoms with Gasteiger partial charge in [-0.2, -0.15) is 5.10 Å². The summed E-state index contributed by atoms with van der Waals surface area (Å²) in [4.78, 5) is 26.6. The number of benzene rings is 1. The highest BCUT2D eigenvalue weighted by molar-refractivity contribution is 6.00. The van der Waals surface area contributed by atoms with Gasteiger partial charge in [-0.05, 0) is 81.9 Å². The van der Waals surface area contributed by atoms with Crippen molar-refractivity contribution in [2.75, 3.05) is 5.32 Å². The van der Waals surface area contributed by atoms with Crippen molar-refractivity contribution in [2.45, 2.75) is 59.0 Å². The third-order valence-electron chi connectivity index (χ3n) is 7.01. The van der Waals surface area contributed by atoms with E-state index in [1.807, 2.05) is 45.0 Å². The number of aryl methyl sites for hydroxylation is 3. The van der Waals surface area contributed by atoms with E-state index in [9.17, 15) is 9.59 Å². The van der Waals surface area contributed by atoms with E-state index in [1.165, 1.54) is 6.20 Å². The second kappa shape index (κ2) is 9.04. The van der Waals surface area contributed by atoms with Crippen LogP contribution in [0, 0.1) is 31.6 Å². The molecule has 2 amide bonds. The van der Waals surface area contributed by atoms with E-state index in [-0.39, 0.29) is 17.7 Å². The van der Waals surface area contributed by atoms with Crippen LogP contribution < -0.4 is 10.6 Å². The number of carbonyl (C=O) groups is 2. The van der Waals surface area contributed by atoms with E-state index in [0.29, 0.717) is 29.8 Å². The molecule has 2 aromatic heterocycles. The minimum atomic E-state index is -0.592. The largest absolute Gasteiger partial charge is 0.339 e. The van der Waals surface area contributed by atoms with Gasteiger partial charge in [0.15, 0.2) is 0 Å². The van der Waals surface area contributed by atoms with E-state index in [1.54, 1.807) is 4.68 Å². The molecule has 2 saturated carbocycles. The van der Waals surface area contributed by atoms with Crippen LogP contribution in [0.5, 0.6) is 0 Å². The van der Waals surface area contributed by atoms with Crippen LogP contribution in [0.4, 0.5) is 5.69 Å². The standard InChI is InChI=1S/C25H31N7O2/c1-4-32-20(13-26-31-32)24(33)28-23(22(17-5-6-17)18-7-8-18)25(34)27-19-11-9-16(10-12-19)21-14(2)29-30-15(21)3/h9-13,17-18,22-23H,4-8H2,1-3H3,(H,27,34)(H,28,33)(H,29,30)/t23-/m0/s1. The molecule has 5 rings (SSSR count). The smallest absolute Gasteiger partial charge is 0.271 e. The molecule has 3 aromatic rings. The van der Waals surface area contributed by atoms with E-state index >= 15 is 0 Å². The van der Waals surface area contributed by atoms with E-state index in [0.717, 1.165) is 48.2 Å². The predicted octanol–water partition coefficient (Wildman–Crippen LogP) is 3.48. The number of amides is 2. The molecule has 0 aliphatic heterocycles. The zero-order valence-electron chi connectivity index (χ0n) is 19.8. The molecule has 2 heterocycles. The lowest BCUT2D eigenvalue weighted by Gasteiger charge is -2.27. The highest BCUT2D eigenvalue weighted by atomic mass is 16.2. The van der Waals surface area contributed by atoms with E-state index in [4.69, 9.17) is 0 Å². The number of aromatic nitrogens is 5. The van der Waals surface area contributed by atoms with Crippen molar-refractivity contribution in [3.63, 3.8) is 0 Å². The molecular formula is C25H31N7O2. The molecule has 1 atom stereocenters. The Bertz CT molecular complexity index is 1160. The zero-order chi connectivity index (χ0) is 23.8. The van der Waals surface area contributed by atoms with Crippen molar-refractivity contribution in [1.82, 2.24) is 30.5 Å². The predicted molar refractivity (Wildman–Crippen MR) is 128 cm³/mol. The van der Waals surface area contributed by atoms with Crippen molar-refractivity contribution in [3.05, 3.63) is 47.5 Å². The second-order valence-corrected chi connectivity index (χ2v) is 9.51. The van der Waals surface area contributed by atoms with E-state index in [2.05, 4.69) is 31.1 Å². The summed E-state index contributed by atoms with van der Waals surface area (Å²) in [5, 5.41) is 21.2. The fraction of sp³-hybridized carbons (Fsp3) is 0.480. The lowest BCUT2D eigenvalue weighted by atomic mass is 9.88. The number of hydrogen-bond acceptors (Lipinski definition) is 5. The Morgan fingerprint density at radius 2 is 1.79 bits per heavy atom. The third-order valence-corrected chi connectivity index (χ3v) is 7.01. The molecule has 178 valence electrons. The van der Waals surface area contributed by atoms with Gasteiger partial charge in [-0.25, -0.2) is 4.68 Å². The number of rotatable bonds is 9. The molecule has 1 aromatic carbocycles. The molecule has 0 bridgehead atoms. The van der Waals surface area contributed by atoms with Crippen LogP contribution in [0.1, 0.15) is 54.5 Å². The van der Waals surface area contributed by atoms with Gasteiger partial charge in [-0.1, -0.05) is 17.3 Å². The zero-order valence-corrected chi connectivity index (χ0v) is 19.8. The molecule has 9 heteroatoms. The number of aromatic amines is 1. The van der Waals surface area contributed by atoms with Gasteiger partial charge >= 0.3 is 0 Å². The third kappa shape index (κ3) is 4.47. The van der Waals surface area contributed by atoms with Crippen molar-refractivity contribution in [1.29, 1.82) is 0 Å². The molecule has 9 nitrogen and oxygen atoms in total. The minimum absolute atomic E-state index is 0.158. The Kier molecular flexibility index (Phi) is 5.93. The maximum atomic E-state index is 13.5. The lowest BCUT2D eigenvalue weighted by molar-refractivity contribution is -0.119. The molecule has 0 unspecified atom stereocenters. The minimum Gasteiger partial charge on any atom is -0.339 e. The number of anilines is 1. The van der Waals surface area contributed by atoms with Gasteiger partial charge in [0.05, 0.1) is 11.9 Å². The monoisotopic (exact) mass is 461 g/mol. The Hall–Kier alpha value is -3.49. The van der Waals surface area contributed by atoms with Crippen molar-refractivity contribution >= 4 is 17.5 Å². The Morgan fingerprint density at radius 3 is 2.35 bits per heavy atom. The summed E-state index contributed by atoms with van der Waals surface area (Å²) in [5.41, 5.74) is 5.15. The van der Waals surface area contributed by atoms with Crippen molar-refractivity contribution in [2.24, 2.45) is 17.8 Å². The highest BCUT2D eigenvalue weighted by Crippen LogP contribution is 2.51. The fourth-order valence-corrected chi connectivity index (χ4v) is 5.03. The molecule has 34 heavy (non-hydrogen) atoms. The maximum absolute atomic E-state index is 13.5. The number of carbonyl (C=O) groups excluding carboxylic acids is 2. The summed E-state index contributed by atoms with van der Waals surface area (Å²) in [5.74, 6) is 0.667. The van der Waals surface area contributed by atoms with Gasteiger partial charge in [-0.15, -0.1) is 5.10 Å². The van der Waals surface area contributed by atoms with Gasteiger partial charge in [0.2, 0.25) is 5.91 Å². The summed E-state index contributed by atoms with van der Waals surface area (Å²) in [6.45, 7) is 6.41. The molecule has 2 aliphatic rings. The summed E-state index contributed by atoms with van der Waals surface area (Å²) in [6, 6.07) is 7.18. The second-order valence-electron chi connectivity index (χ2n) is 9.51. The topological polar surface area (TPSA) is 118 Å². The van der Waals surface area contributed by atoms with Crippen molar-refractivity contribution < 1.29 is 9.59 Å². The normalized spacial score (nSPS) is 16.5. The Labute approximate surface area is 198 Å². The Balaban J connectivity index is 1.35. The molecule has 0 saturated heterocycles. The summed E-state index contributed by atoms with van der Waals surface area (Å²) >= 11 is 0. The molecular weight excluding hydrogens is 430 g/mol. The Morgan fingerprint density at radius 1 is 1.12 bits per heavy atom. The number of nitrogens with zero attached hydrogens (tertiary/aromatic N) is 4. The van der Waals surface area contributed by atoms with Crippen LogP contribution in [-0.2, 0) is 11.3 Å². The first-order chi connectivity index (χ1) is 16.5. The molecule has 3 N–H and O–H groups in total. The maximum Gasteiger partial charge on any atom is 0.271 e. The van der Waals surface area contributed by atoms with Gasteiger partial charge in [0.25, 0.3) is 5.91 Å². The molecule has 0 spiro atoms. The summed E-state index contributed by atoms with van der Waals surface area (Å²) < 4.78 is 1.55. The quantitative estimate of drug-likeness (QED) is 0.451. The van der Waals surface area contributed by atoms with Gasteiger partial charge < -0.3 is 10.6 Å². The summed E-state index contributed by atoms with van der Waals surface area (Å²) in [6.07, 6.45) is 5.93. The first-order valence-corrected chi connectivity index (χ1v) is 12.1. The lowest BCUT2D eigenvalue weighted by Crippen LogP contribution is -2.50. The van der Waals surface area contributed by atoms with Crippen LogP contribution in [-0.4, -0.2) is 43.0 Å². The average Bonchev–Trinajstić information content (AvgIpc) is 3.76. The van der Waals surface area contributed by atoms with Crippen LogP contribution in [0.3, 0.4) is 0 Å². The molecule has 2 aliphatic carbocycles. The first-order valence-electron chi connectivity index (χ1n) is 12.1. The van der Waals surface area contributed by atoms with Crippen LogP contribution in [0.25, 0.3) is 11.1 Å². The number of hydrogen-bond donors (Lipinski definition) is 3. The van der Waals surface area contributed by atoms with Crippen LogP contribution in [0.15, 0.2) is 30.5 Å².